The van der Waals surface area contributed by atoms with Crippen molar-refractivity contribution in [3.63, 3.8) is 0 Å². The lowest BCUT2D eigenvalue weighted by atomic mass is 10.1. The Morgan fingerprint density at radius 3 is 2.59 bits per heavy atom. The molecule has 0 fully saturated rings. The van der Waals surface area contributed by atoms with Crippen molar-refractivity contribution in [1.82, 2.24) is 10.3 Å². The Hall–Kier alpha value is -2.76. The third kappa shape index (κ3) is 3.88. The number of ether oxygens (including phenoxy) is 1. The number of hydrogen-bond acceptors (Lipinski definition) is 3. The van der Waals surface area contributed by atoms with Crippen LogP contribution < -0.4 is 5.32 Å². The summed E-state index contributed by atoms with van der Waals surface area (Å²) >= 11 is 0. The number of H-pyrrole nitrogens is 1. The van der Waals surface area contributed by atoms with Gasteiger partial charge in [0.15, 0.2) is 0 Å². The van der Waals surface area contributed by atoms with Crippen molar-refractivity contribution >= 4 is 29.0 Å². The molecule has 0 bridgehead atoms. The zero-order valence-corrected chi connectivity index (χ0v) is 12.6. The average Bonchev–Trinajstić information content (AvgIpc) is 2.79. The van der Waals surface area contributed by atoms with Gasteiger partial charge >= 0.3 is 12.1 Å². The van der Waals surface area contributed by atoms with Gasteiger partial charge in [-0.3, -0.25) is 5.32 Å². The van der Waals surface area contributed by atoms with Crippen LogP contribution in [0.2, 0.25) is 0 Å². The van der Waals surface area contributed by atoms with Crippen LogP contribution in [0.4, 0.5) is 4.79 Å². The molecule has 0 aliphatic rings. The van der Waals surface area contributed by atoms with E-state index in [0.717, 1.165) is 10.9 Å². The number of rotatable bonds is 3. The molecular weight excluding hydrogens is 284 g/mol. The number of carbonyl (C=O) groups excluding carboxylic acids is 1. The molecule has 0 aliphatic carbocycles. The van der Waals surface area contributed by atoms with Gasteiger partial charge in [-0.25, -0.2) is 9.59 Å². The summed E-state index contributed by atoms with van der Waals surface area (Å²) in [6.07, 6.45) is 2.27. The molecule has 0 saturated carbocycles. The molecule has 0 radical (unpaired) electrons. The Balaban J connectivity index is 2.28. The summed E-state index contributed by atoms with van der Waals surface area (Å²) in [6, 6.07) is 7.48. The summed E-state index contributed by atoms with van der Waals surface area (Å²) in [7, 11) is 0. The second-order valence-corrected chi connectivity index (χ2v) is 5.78. The maximum Gasteiger partial charge on any atom is 0.412 e. The van der Waals surface area contributed by atoms with Crippen molar-refractivity contribution in [3.05, 3.63) is 41.7 Å². The zero-order chi connectivity index (χ0) is 16.3. The molecule has 2 aromatic rings. The van der Waals surface area contributed by atoms with Crippen LogP contribution in [0, 0.1) is 0 Å². The second kappa shape index (κ2) is 5.93. The van der Waals surface area contributed by atoms with Crippen molar-refractivity contribution in [2.45, 2.75) is 26.4 Å². The number of aromatic amines is 1. The van der Waals surface area contributed by atoms with Crippen LogP contribution in [0.3, 0.4) is 0 Å². The number of carbonyl (C=O) groups is 2. The number of aromatic nitrogens is 1. The summed E-state index contributed by atoms with van der Waals surface area (Å²) in [5.74, 6) is -1.24. The average molecular weight is 302 g/mol. The highest BCUT2D eigenvalue weighted by Gasteiger charge is 2.19. The summed E-state index contributed by atoms with van der Waals surface area (Å²) in [6.45, 7) is 5.11. The number of hydrogen-bond donors (Lipinski definition) is 3. The number of amides is 1. The van der Waals surface area contributed by atoms with Gasteiger partial charge in [0.25, 0.3) is 0 Å². The lowest BCUT2D eigenvalue weighted by Gasteiger charge is -2.19. The molecule has 0 saturated heterocycles. The number of para-hydroxylation sites is 1. The predicted molar refractivity (Wildman–Crippen MR) is 83.3 cm³/mol. The largest absolute Gasteiger partial charge is 0.477 e. The smallest absolute Gasteiger partial charge is 0.412 e. The number of nitrogens with one attached hydrogen (secondary N) is 2. The Morgan fingerprint density at radius 1 is 1.27 bits per heavy atom. The summed E-state index contributed by atoms with van der Waals surface area (Å²) in [5.41, 5.74) is 0.605. The summed E-state index contributed by atoms with van der Waals surface area (Å²) in [4.78, 5) is 26.1. The van der Waals surface area contributed by atoms with Crippen molar-refractivity contribution in [1.29, 1.82) is 0 Å². The number of carboxylic acid groups (broad SMARTS) is 1. The van der Waals surface area contributed by atoms with E-state index < -0.39 is 17.7 Å². The first-order chi connectivity index (χ1) is 10.3. The van der Waals surface area contributed by atoms with E-state index in [1.807, 2.05) is 24.3 Å². The standard InChI is InChI=1S/C16H18N2O4/c1-16(2,3)22-15(21)18-13(14(19)20)8-10-9-17-12-7-5-4-6-11(10)12/h4-9,17H,1-3H3,(H,18,21)(H,19,20)/b13-8-. The van der Waals surface area contributed by atoms with Gasteiger partial charge in [-0.1, -0.05) is 18.2 Å². The molecule has 0 aliphatic heterocycles. The summed E-state index contributed by atoms with van der Waals surface area (Å²) < 4.78 is 5.06. The van der Waals surface area contributed by atoms with E-state index in [-0.39, 0.29) is 5.70 Å². The van der Waals surface area contributed by atoms with Gasteiger partial charge in [0.05, 0.1) is 0 Å². The van der Waals surface area contributed by atoms with E-state index in [9.17, 15) is 14.7 Å². The molecule has 0 spiro atoms. The fourth-order valence-corrected chi connectivity index (χ4v) is 1.93. The molecule has 6 nitrogen and oxygen atoms in total. The fraction of sp³-hybridized carbons (Fsp3) is 0.250. The Labute approximate surface area is 127 Å². The van der Waals surface area contributed by atoms with E-state index in [1.165, 1.54) is 6.08 Å². The van der Waals surface area contributed by atoms with Crippen molar-refractivity contribution in [2.75, 3.05) is 0 Å². The number of alkyl carbamates (subject to hydrolysis) is 1. The van der Waals surface area contributed by atoms with Gasteiger partial charge in [0.2, 0.25) is 0 Å². The van der Waals surface area contributed by atoms with Crippen LogP contribution in [0.1, 0.15) is 26.3 Å². The van der Waals surface area contributed by atoms with Gasteiger partial charge in [-0.05, 0) is 32.9 Å². The predicted octanol–water partition coefficient (Wildman–Crippen LogP) is 3.12. The van der Waals surface area contributed by atoms with Gasteiger partial charge in [0, 0.05) is 22.7 Å². The highest BCUT2D eigenvalue weighted by molar-refractivity contribution is 5.99. The molecule has 22 heavy (non-hydrogen) atoms. The Bertz CT molecular complexity index is 738. The van der Waals surface area contributed by atoms with Crippen LogP contribution in [-0.2, 0) is 9.53 Å². The number of carboxylic acids is 1. The zero-order valence-electron chi connectivity index (χ0n) is 12.6. The van der Waals surface area contributed by atoms with Crippen LogP contribution in [0.5, 0.6) is 0 Å². The van der Waals surface area contributed by atoms with E-state index in [1.54, 1.807) is 27.0 Å². The van der Waals surface area contributed by atoms with Crippen LogP contribution in [-0.4, -0.2) is 27.8 Å². The maximum absolute atomic E-state index is 11.7. The van der Waals surface area contributed by atoms with Gasteiger partial charge in [0.1, 0.15) is 11.3 Å². The highest BCUT2D eigenvalue weighted by Crippen LogP contribution is 2.20. The van der Waals surface area contributed by atoms with Crippen LogP contribution in [0.25, 0.3) is 17.0 Å². The van der Waals surface area contributed by atoms with Gasteiger partial charge in [-0.15, -0.1) is 0 Å². The maximum atomic E-state index is 11.7. The van der Waals surface area contributed by atoms with E-state index in [2.05, 4.69) is 10.3 Å². The molecule has 0 atom stereocenters. The number of benzene rings is 1. The van der Waals surface area contributed by atoms with Gasteiger partial charge < -0.3 is 14.8 Å². The first kappa shape index (κ1) is 15.6. The third-order valence-corrected chi connectivity index (χ3v) is 2.79. The normalized spacial score (nSPS) is 12.2. The molecule has 116 valence electrons. The molecule has 2 rings (SSSR count). The van der Waals surface area contributed by atoms with E-state index in [0.29, 0.717) is 5.56 Å². The lowest BCUT2D eigenvalue weighted by molar-refractivity contribution is -0.133. The van der Waals surface area contributed by atoms with E-state index in [4.69, 9.17) is 4.74 Å². The Morgan fingerprint density at radius 2 is 1.95 bits per heavy atom. The quantitative estimate of drug-likeness (QED) is 0.760. The van der Waals surface area contributed by atoms with Gasteiger partial charge in [-0.2, -0.15) is 0 Å². The van der Waals surface area contributed by atoms with Crippen LogP contribution >= 0.6 is 0 Å². The molecule has 1 aromatic carbocycles. The third-order valence-electron chi connectivity index (χ3n) is 2.79. The molecule has 1 heterocycles. The molecular formula is C16H18N2O4. The second-order valence-electron chi connectivity index (χ2n) is 5.78. The van der Waals surface area contributed by atoms with E-state index >= 15 is 0 Å². The van der Waals surface area contributed by atoms with Crippen molar-refractivity contribution < 1.29 is 19.4 Å². The minimum atomic E-state index is -1.24. The lowest BCUT2D eigenvalue weighted by Crippen LogP contribution is -2.34. The fourth-order valence-electron chi connectivity index (χ4n) is 1.93. The minimum Gasteiger partial charge on any atom is -0.477 e. The first-order valence-electron chi connectivity index (χ1n) is 6.77. The topological polar surface area (TPSA) is 91.4 Å². The molecule has 3 N–H and O–H groups in total. The van der Waals surface area contributed by atoms with Crippen molar-refractivity contribution in [2.24, 2.45) is 0 Å². The highest BCUT2D eigenvalue weighted by atomic mass is 16.6. The molecule has 1 aromatic heterocycles. The SMILES string of the molecule is CC(C)(C)OC(=O)N/C(=C\c1c[nH]c2ccccc12)C(=O)O. The molecule has 1 amide bonds. The van der Waals surface area contributed by atoms with Crippen LogP contribution in [0.15, 0.2) is 36.2 Å². The number of fused-ring (bicyclic) bond motifs is 1. The molecule has 0 unspecified atom stereocenters. The minimum absolute atomic E-state index is 0.251. The number of aliphatic carboxylic acids is 1. The molecule has 6 heteroatoms. The first-order valence-corrected chi connectivity index (χ1v) is 6.77. The summed E-state index contributed by atoms with van der Waals surface area (Å²) in [5, 5.41) is 12.4. The van der Waals surface area contributed by atoms with Crippen molar-refractivity contribution in [3.8, 4) is 0 Å². The monoisotopic (exact) mass is 302 g/mol. The Kier molecular flexibility index (Phi) is 4.21.